The van der Waals surface area contributed by atoms with Crippen molar-refractivity contribution in [1.82, 2.24) is 20.4 Å². The Morgan fingerprint density at radius 1 is 1.29 bits per heavy atom. The predicted molar refractivity (Wildman–Crippen MR) is 125 cm³/mol. The Balaban J connectivity index is 0.000000330. The zero-order valence-corrected chi connectivity index (χ0v) is 19.3. The van der Waals surface area contributed by atoms with Crippen molar-refractivity contribution in [2.45, 2.75) is 32.2 Å². The van der Waals surface area contributed by atoms with Crippen LogP contribution < -0.4 is 10.6 Å². The summed E-state index contributed by atoms with van der Waals surface area (Å²) in [6.45, 7) is 4.11. The molecule has 2 aromatic heterocycles. The zero-order chi connectivity index (χ0) is 22.2. The first-order chi connectivity index (χ1) is 15.0. The van der Waals surface area contributed by atoms with Gasteiger partial charge in [0.1, 0.15) is 5.82 Å². The van der Waals surface area contributed by atoms with Crippen molar-refractivity contribution >= 4 is 28.8 Å². The molecule has 2 atom stereocenters. The number of carbonyl (C=O) groups is 1. The second-order valence-corrected chi connectivity index (χ2v) is 9.13. The molecule has 0 aliphatic carbocycles. The minimum atomic E-state index is -0.178. The molecule has 2 N–H and O–H groups in total. The predicted octanol–water partition coefficient (Wildman–Crippen LogP) is 5.14. The average Bonchev–Trinajstić information content (AvgIpc) is 3.36. The molecule has 1 amide bonds. The van der Waals surface area contributed by atoms with Crippen molar-refractivity contribution in [2.75, 3.05) is 13.1 Å². The van der Waals surface area contributed by atoms with E-state index in [4.69, 9.17) is 11.6 Å². The third kappa shape index (κ3) is 6.63. The number of hydrogen-bond donors (Lipinski definition) is 2. The van der Waals surface area contributed by atoms with Crippen LogP contribution in [-0.4, -0.2) is 34.8 Å². The van der Waals surface area contributed by atoms with Gasteiger partial charge in [-0.15, -0.1) is 11.3 Å². The molecule has 3 heterocycles. The maximum absolute atomic E-state index is 12.5. The second kappa shape index (κ2) is 11.4. The van der Waals surface area contributed by atoms with Crippen LogP contribution in [0.25, 0.3) is 10.6 Å². The van der Waals surface area contributed by atoms with E-state index in [1.54, 1.807) is 29.1 Å². The smallest absolute Gasteiger partial charge is 0.261 e. The number of halogens is 2. The molecule has 0 spiro atoms. The molecular formula is C23H28ClFN4OS. The minimum absolute atomic E-state index is 0.00603. The van der Waals surface area contributed by atoms with Crippen LogP contribution in [0.1, 0.15) is 35.9 Å². The van der Waals surface area contributed by atoms with Crippen LogP contribution in [-0.2, 0) is 7.05 Å². The summed E-state index contributed by atoms with van der Waals surface area (Å²) in [6.07, 6.45) is 5.07. The summed E-state index contributed by atoms with van der Waals surface area (Å²) in [4.78, 5) is 14.2. The van der Waals surface area contributed by atoms with Gasteiger partial charge < -0.3 is 10.6 Å². The first-order valence-corrected chi connectivity index (χ1v) is 11.7. The molecule has 166 valence electrons. The SMILES string of the molecule is CCCC1CNCC(NC(=O)c2ccc(-c3c(Cl)cnn3C)s2)C1.Fc1ccccc1. The maximum Gasteiger partial charge on any atom is 0.261 e. The van der Waals surface area contributed by atoms with Gasteiger partial charge in [0.25, 0.3) is 5.91 Å². The molecule has 1 saturated heterocycles. The van der Waals surface area contributed by atoms with Gasteiger partial charge in [-0.2, -0.15) is 5.10 Å². The van der Waals surface area contributed by atoms with E-state index in [0.717, 1.165) is 30.1 Å². The highest BCUT2D eigenvalue weighted by atomic mass is 35.5. The minimum Gasteiger partial charge on any atom is -0.347 e. The molecule has 1 aliphatic heterocycles. The van der Waals surface area contributed by atoms with E-state index in [1.165, 1.54) is 36.3 Å². The highest BCUT2D eigenvalue weighted by molar-refractivity contribution is 7.17. The molecule has 4 rings (SSSR count). The number of nitrogens with zero attached hydrogens (tertiary/aromatic N) is 2. The average molecular weight is 463 g/mol. The molecule has 0 bridgehead atoms. The lowest BCUT2D eigenvalue weighted by molar-refractivity contribution is 0.0927. The second-order valence-electron chi connectivity index (χ2n) is 7.64. The standard InChI is InChI=1S/C17H23ClN4OS.C6H5F/c1-3-4-11-7-12(9-19-8-11)21-17(23)15-6-5-14(24-15)16-13(18)10-20-22(16)2;7-6-4-2-1-3-5-6/h5-6,10-12,19H,3-4,7-9H2,1-2H3,(H,21,23);1-5H. The normalized spacial score (nSPS) is 18.2. The number of thiophene rings is 1. The summed E-state index contributed by atoms with van der Waals surface area (Å²) in [5, 5.41) is 11.3. The lowest BCUT2D eigenvalue weighted by atomic mass is 9.92. The Morgan fingerprint density at radius 3 is 2.68 bits per heavy atom. The van der Waals surface area contributed by atoms with Gasteiger partial charge in [-0.3, -0.25) is 9.48 Å². The van der Waals surface area contributed by atoms with E-state index in [0.29, 0.717) is 15.8 Å². The van der Waals surface area contributed by atoms with E-state index >= 15 is 0 Å². The van der Waals surface area contributed by atoms with Crippen LogP contribution in [0.5, 0.6) is 0 Å². The van der Waals surface area contributed by atoms with Gasteiger partial charge in [-0.25, -0.2) is 4.39 Å². The molecule has 1 aromatic carbocycles. The van der Waals surface area contributed by atoms with E-state index in [-0.39, 0.29) is 17.8 Å². The number of piperidine rings is 1. The molecule has 2 unspecified atom stereocenters. The molecule has 3 aromatic rings. The van der Waals surface area contributed by atoms with E-state index in [9.17, 15) is 9.18 Å². The zero-order valence-electron chi connectivity index (χ0n) is 17.8. The van der Waals surface area contributed by atoms with Crippen LogP contribution in [0.2, 0.25) is 5.02 Å². The van der Waals surface area contributed by atoms with E-state index < -0.39 is 0 Å². The number of benzene rings is 1. The summed E-state index contributed by atoms with van der Waals surface area (Å²) >= 11 is 7.63. The number of aromatic nitrogens is 2. The topological polar surface area (TPSA) is 58.9 Å². The number of rotatable bonds is 5. The van der Waals surface area contributed by atoms with Crippen molar-refractivity contribution in [2.24, 2.45) is 13.0 Å². The van der Waals surface area contributed by atoms with Gasteiger partial charge in [-0.1, -0.05) is 43.1 Å². The molecule has 1 aliphatic rings. The van der Waals surface area contributed by atoms with Crippen LogP contribution >= 0.6 is 22.9 Å². The van der Waals surface area contributed by atoms with Crippen molar-refractivity contribution in [3.05, 3.63) is 64.4 Å². The Bertz CT molecular complexity index is 954. The summed E-state index contributed by atoms with van der Waals surface area (Å²) in [6, 6.07) is 11.9. The first kappa shape index (κ1) is 23.4. The van der Waals surface area contributed by atoms with Crippen LogP contribution in [0, 0.1) is 11.7 Å². The van der Waals surface area contributed by atoms with Crippen molar-refractivity contribution in [3.63, 3.8) is 0 Å². The molecule has 0 radical (unpaired) electrons. The molecule has 31 heavy (non-hydrogen) atoms. The van der Waals surface area contributed by atoms with Gasteiger partial charge >= 0.3 is 0 Å². The summed E-state index contributed by atoms with van der Waals surface area (Å²) in [5.74, 6) is 0.470. The van der Waals surface area contributed by atoms with Crippen LogP contribution in [0.15, 0.2) is 48.7 Å². The number of carbonyl (C=O) groups excluding carboxylic acids is 1. The Hall–Kier alpha value is -2.22. The number of aryl methyl sites for hydroxylation is 1. The van der Waals surface area contributed by atoms with Gasteiger partial charge in [0.05, 0.1) is 26.7 Å². The van der Waals surface area contributed by atoms with Crippen LogP contribution in [0.3, 0.4) is 0 Å². The summed E-state index contributed by atoms with van der Waals surface area (Å²) in [5.41, 5.74) is 0.850. The van der Waals surface area contributed by atoms with Gasteiger partial charge in [0, 0.05) is 19.6 Å². The van der Waals surface area contributed by atoms with Gasteiger partial charge in [0.15, 0.2) is 0 Å². The summed E-state index contributed by atoms with van der Waals surface area (Å²) < 4.78 is 13.6. The molecule has 1 fully saturated rings. The molecular weight excluding hydrogens is 435 g/mol. The number of nitrogens with one attached hydrogen (secondary N) is 2. The maximum atomic E-state index is 12.5. The monoisotopic (exact) mass is 462 g/mol. The van der Waals surface area contributed by atoms with E-state index in [1.807, 2.05) is 19.2 Å². The van der Waals surface area contributed by atoms with Crippen molar-refractivity contribution in [3.8, 4) is 10.6 Å². The van der Waals surface area contributed by atoms with Crippen LogP contribution in [0.4, 0.5) is 4.39 Å². The lowest BCUT2D eigenvalue weighted by Crippen LogP contribution is -2.48. The Morgan fingerprint density at radius 2 is 2.06 bits per heavy atom. The fourth-order valence-corrected chi connectivity index (χ4v) is 5.04. The number of amides is 1. The van der Waals surface area contributed by atoms with E-state index in [2.05, 4.69) is 22.7 Å². The quantitative estimate of drug-likeness (QED) is 0.552. The highest BCUT2D eigenvalue weighted by Gasteiger charge is 2.23. The van der Waals surface area contributed by atoms with Gasteiger partial charge in [-0.05, 0) is 49.6 Å². The summed E-state index contributed by atoms with van der Waals surface area (Å²) in [7, 11) is 1.85. The first-order valence-electron chi connectivity index (χ1n) is 10.5. The third-order valence-electron chi connectivity index (χ3n) is 5.16. The Labute approximate surface area is 191 Å². The number of hydrogen-bond acceptors (Lipinski definition) is 4. The third-order valence-corrected chi connectivity index (χ3v) is 6.53. The van der Waals surface area contributed by atoms with Gasteiger partial charge in [0.2, 0.25) is 0 Å². The highest BCUT2D eigenvalue weighted by Crippen LogP contribution is 2.33. The Kier molecular flexibility index (Phi) is 8.63. The largest absolute Gasteiger partial charge is 0.347 e. The fourth-order valence-electron chi connectivity index (χ4n) is 3.72. The van der Waals surface area contributed by atoms with Crippen molar-refractivity contribution in [1.29, 1.82) is 0 Å². The molecule has 0 saturated carbocycles. The molecule has 5 nitrogen and oxygen atoms in total. The fraction of sp³-hybridized carbons (Fsp3) is 0.391. The molecule has 8 heteroatoms. The van der Waals surface area contributed by atoms with Crippen molar-refractivity contribution < 1.29 is 9.18 Å². The lowest BCUT2D eigenvalue weighted by Gasteiger charge is -2.30.